The summed E-state index contributed by atoms with van der Waals surface area (Å²) in [7, 11) is 0. The first-order valence-corrected chi connectivity index (χ1v) is 13.3. The maximum absolute atomic E-state index is 15.1. The van der Waals surface area contributed by atoms with Crippen molar-refractivity contribution < 1.29 is 32.3 Å². The zero-order chi connectivity index (χ0) is 27.9. The lowest BCUT2D eigenvalue weighted by atomic mass is 9.93. The minimum Gasteiger partial charge on any atom is -0.395 e. The number of alkyl halides is 4. The Hall–Kier alpha value is -2.93. The van der Waals surface area contributed by atoms with Gasteiger partial charge in [0.15, 0.2) is 0 Å². The van der Waals surface area contributed by atoms with Gasteiger partial charge in [0.2, 0.25) is 0 Å². The molecular formula is C26H23ClF4N4O3S. The van der Waals surface area contributed by atoms with Gasteiger partial charge >= 0.3 is 6.18 Å². The van der Waals surface area contributed by atoms with Gasteiger partial charge in [0.05, 0.1) is 34.8 Å². The van der Waals surface area contributed by atoms with Crippen molar-refractivity contribution in [2.75, 3.05) is 26.2 Å². The highest BCUT2D eigenvalue weighted by Gasteiger charge is 2.46. The Morgan fingerprint density at radius 3 is 2.72 bits per heavy atom. The first kappa shape index (κ1) is 27.6. The van der Waals surface area contributed by atoms with Gasteiger partial charge in [-0.25, -0.2) is 4.39 Å². The van der Waals surface area contributed by atoms with Gasteiger partial charge < -0.3 is 5.11 Å². The molecule has 2 N–H and O–H groups in total. The van der Waals surface area contributed by atoms with Crippen LogP contribution < -0.4 is 0 Å². The van der Waals surface area contributed by atoms with Gasteiger partial charge in [-0.1, -0.05) is 23.7 Å². The molecule has 0 bridgehead atoms. The number of carbonyl (C=O) groups is 2. The van der Waals surface area contributed by atoms with Crippen molar-refractivity contribution in [3.8, 4) is 0 Å². The molecule has 2 fully saturated rings. The van der Waals surface area contributed by atoms with Crippen LogP contribution in [0.2, 0.25) is 5.02 Å². The number of hydrogen-bond donors (Lipinski definition) is 2. The van der Waals surface area contributed by atoms with Crippen LogP contribution in [0.3, 0.4) is 0 Å². The molecule has 2 atom stereocenters. The van der Waals surface area contributed by atoms with Gasteiger partial charge in [-0.15, -0.1) is 0 Å². The van der Waals surface area contributed by atoms with Crippen LogP contribution in [-0.4, -0.2) is 74.7 Å². The van der Waals surface area contributed by atoms with E-state index in [-0.39, 0.29) is 53.6 Å². The minimum atomic E-state index is -4.71. The third kappa shape index (κ3) is 5.56. The number of aromatic amines is 1. The summed E-state index contributed by atoms with van der Waals surface area (Å²) < 4.78 is 56.9. The standard InChI is InChI=1S/C26H23ClF4N4O3S/c27-17-3-1-15(19(11-17)26(29,30)31)10-18(14-2-4-21-16(9-14)12-32-33-21)23-24(37)35(25(38)39-23)22-5-6-34(7-8-36)13-20(22)28/h1-4,9,11-12,20,22,36H,5-8,10,13H2,(H,32,33)/b23-18-/t20-,22-/m0/s1. The predicted molar refractivity (Wildman–Crippen MR) is 140 cm³/mol. The van der Waals surface area contributed by atoms with Crippen LogP contribution in [0.1, 0.15) is 23.1 Å². The Morgan fingerprint density at radius 1 is 1.21 bits per heavy atom. The summed E-state index contributed by atoms with van der Waals surface area (Å²) in [5.41, 5.74) is 0.262. The first-order valence-electron chi connectivity index (χ1n) is 12.1. The van der Waals surface area contributed by atoms with Gasteiger partial charge in [0.1, 0.15) is 6.17 Å². The molecule has 7 nitrogen and oxygen atoms in total. The Balaban J connectivity index is 1.57. The zero-order valence-electron chi connectivity index (χ0n) is 20.3. The highest BCUT2D eigenvalue weighted by atomic mass is 35.5. The number of aliphatic hydroxyl groups is 1. The van der Waals surface area contributed by atoms with Crippen molar-refractivity contribution in [2.45, 2.75) is 31.2 Å². The molecule has 39 heavy (non-hydrogen) atoms. The van der Waals surface area contributed by atoms with Crippen LogP contribution in [0.5, 0.6) is 0 Å². The maximum atomic E-state index is 15.1. The number of hydrogen-bond acceptors (Lipinski definition) is 6. The molecule has 0 unspecified atom stereocenters. The molecule has 13 heteroatoms. The quantitative estimate of drug-likeness (QED) is 0.303. The molecule has 1 aromatic heterocycles. The number of thioether (sulfide) groups is 1. The summed E-state index contributed by atoms with van der Waals surface area (Å²) in [4.78, 5) is 29.3. The molecule has 2 aliphatic heterocycles. The number of fused-ring (bicyclic) bond motifs is 1. The number of amides is 2. The molecule has 3 aromatic rings. The molecule has 2 aromatic carbocycles. The van der Waals surface area contributed by atoms with E-state index in [4.69, 9.17) is 16.7 Å². The number of benzene rings is 2. The lowest BCUT2D eigenvalue weighted by Gasteiger charge is -2.37. The fourth-order valence-electron chi connectivity index (χ4n) is 5.04. The van der Waals surface area contributed by atoms with Crippen LogP contribution >= 0.6 is 23.4 Å². The van der Waals surface area contributed by atoms with E-state index in [1.165, 1.54) is 12.1 Å². The van der Waals surface area contributed by atoms with E-state index in [0.717, 1.165) is 11.0 Å². The summed E-state index contributed by atoms with van der Waals surface area (Å²) >= 11 is 6.46. The van der Waals surface area contributed by atoms with Crippen molar-refractivity contribution >= 4 is 51.0 Å². The third-order valence-corrected chi connectivity index (χ3v) is 8.18. The molecule has 5 rings (SSSR count). The molecule has 2 amide bonds. The Bertz CT molecular complexity index is 1460. The fourth-order valence-corrected chi connectivity index (χ4v) is 6.20. The van der Waals surface area contributed by atoms with Crippen molar-refractivity contribution in [1.29, 1.82) is 0 Å². The molecule has 206 valence electrons. The maximum Gasteiger partial charge on any atom is 0.416 e. The first-order chi connectivity index (χ1) is 18.6. The molecule has 0 aliphatic carbocycles. The number of nitrogens with zero attached hydrogens (tertiary/aromatic N) is 3. The van der Waals surface area contributed by atoms with Gasteiger partial charge in [0.25, 0.3) is 11.1 Å². The number of halogens is 5. The lowest BCUT2D eigenvalue weighted by Crippen LogP contribution is -2.54. The van der Waals surface area contributed by atoms with Gasteiger partial charge in [-0.2, -0.15) is 18.3 Å². The van der Waals surface area contributed by atoms with Crippen LogP contribution in [-0.2, 0) is 17.4 Å². The molecule has 0 spiro atoms. The van der Waals surface area contributed by atoms with Gasteiger partial charge in [-0.3, -0.25) is 24.5 Å². The Labute approximate surface area is 229 Å². The molecular weight excluding hydrogens is 560 g/mol. The SMILES string of the molecule is O=C1S/C(=C(/Cc2ccc(Cl)cc2C(F)(F)F)c2ccc3[nH]ncc3c2)C(=O)N1[C@H]1CCN(CCO)C[C@@H]1F. The molecule has 0 saturated carbocycles. The number of aliphatic hydroxyl groups excluding tert-OH is 1. The number of rotatable bonds is 6. The van der Waals surface area contributed by atoms with Crippen molar-refractivity contribution in [2.24, 2.45) is 0 Å². The number of allylic oxidation sites excluding steroid dienone is 1. The average Bonchev–Trinajstić information content (AvgIpc) is 3.46. The van der Waals surface area contributed by atoms with Crippen LogP contribution in [0, 0.1) is 0 Å². The number of imide groups is 1. The second-order valence-electron chi connectivity index (χ2n) is 9.40. The number of carbonyl (C=O) groups excluding carboxylic acids is 2. The fraction of sp³-hybridized carbons (Fsp3) is 0.346. The third-order valence-electron chi connectivity index (χ3n) is 6.95. The highest BCUT2D eigenvalue weighted by Crippen LogP contribution is 2.43. The number of β-amino-alcohol motifs (C(OH)–C–C–N with tert-alkyl or cyclic N) is 1. The topological polar surface area (TPSA) is 89.5 Å². The monoisotopic (exact) mass is 582 g/mol. The molecule has 0 radical (unpaired) electrons. The summed E-state index contributed by atoms with van der Waals surface area (Å²) in [5.74, 6) is -0.738. The van der Waals surface area contributed by atoms with Crippen molar-refractivity contribution in [3.05, 3.63) is 69.2 Å². The number of aromatic nitrogens is 2. The molecule has 3 heterocycles. The number of piperidine rings is 1. The minimum absolute atomic E-state index is 0.0455. The van der Waals surface area contributed by atoms with E-state index in [1.807, 2.05) is 0 Å². The number of nitrogens with one attached hydrogen (secondary N) is 1. The second kappa shape index (κ2) is 10.9. The van der Waals surface area contributed by atoms with E-state index in [2.05, 4.69) is 10.2 Å². The molecule has 2 saturated heterocycles. The van der Waals surface area contributed by atoms with E-state index in [0.29, 0.717) is 34.8 Å². The normalized spacial score (nSPS) is 22.3. The summed E-state index contributed by atoms with van der Waals surface area (Å²) in [6, 6.07) is 7.40. The smallest absolute Gasteiger partial charge is 0.395 e. The van der Waals surface area contributed by atoms with Crippen molar-refractivity contribution in [1.82, 2.24) is 20.0 Å². The lowest BCUT2D eigenvalue weighted by molar-refractivity contribution is -0.138. The number of likely N-dealkylation sites (tertiary alicyclic amines) is 1. The van der Waals surface area contributed by atoms with Gasteiger partial charge in [0, 0.05) is 30.0 Å². The van der Waals surface area contributed by atoms with Crippen LogP contribution in [0.4, 0.5) is 22.4 Å². The Morgan fingerprint density at radius 2 is 2.00 bits per heavy atom. The summed E-state index contributed by atoms with van der Waals surface area (Å²) in [6.45, 7) is 0.473. The van der Waals surface area contributed by atoms with E-state index in [9.17, 15) is 22.8 Å². The largest absolute Gasteiger partial charge is 0.416 e. The van der Waals surface area contributed by atoms with E-state index < -0.39 is 35.1 Å². The predicted octanol–water partition coefficient (Wildman–Crippen LogP) is 5.29. The van der Waals surface area contributed by atoms with E-state index >= 15 is 4.39 Å². The van der Waals surface area contributed by atoms with Gasteiger partial charge in [-0.05, 0) is 65.6 Å². The molecule has 2 aliphatic rings. The van der Waals surface area contributed by atoms with E-state index in [1.54, 1.807) is 29.3 Å². The second-order valence-corrected chi connectivity index (χ2v) is 10.8. The summed E-state index contributed by atoms with van der Waals surface area (Å²) in [5, 5.41) is 15.8. The highest BCUT2D eigenvalue weighted by molar-refractivity contribution is 8.18. The summed E-state index contributed by atoms with van der Waals surface area (Å²) in [6.07, 6.45) is -4.84. The van der Waals surface area contributed by atoms with Crippen LogP contribution in [0.25, 0.3) is 16.5 Å². The number of H-pyrrole nitrogens is 1. The Kier molecular flexibility index (Phi) is 7.73. The van der Waals surface area contributed by atoms with Crippen LogP contribution in [0.15, 0.2) is 47.5 Å². The zero-order valence-corrected chi connectivity index (χ0v) is 21.9. The average molecular weight is 583 g/mol. The van der Waals surface area contributed by atoms with Crippen molar-refractivity contribution in [3.63, 3.8) is 0 Å².